The van der Waals surface area contributed by atoms with Crippen molar-refractivity contribution in [3.63, 3.8) is 0 Å². The van der Waals surface area contributed by atoms with Gasteiger partial charge in [-0.1, -0.05) is 43.1 Å². The van der Waals surface area contributed by atoms with Crippen molar-refractivity contribution in [3.8, 4) is 0 Å². The Morgan fingerprint density at radius 2 is 1.88 bits per heavy atom. The lowest BCUT2D eigenvalue weighted by molar-refractivity contribution is -0.118. The van der Waals surface area contributed by atoms with Crippen LogP contribution < -0.4 is 16.0 Å². The number of anilines is 1. The predicted octanol–water partition coefficient (Wildman–Crippen LogP) is 4.09. The van der Waals surface area contributed by atoms with E-state index in [1.807, 2.05) is 6.92 Å². The summed E-state index contributed by atoms with van der Waals surface area (Å²) < 4.78 is 12.9. The second kappa shape index (κ2) is 9.77. The number of halogens is 2. The van der Waals surface area contributed by atoms with Crippen LogP contribution >= 0.6 is 11.6 Å². The standard InChI is InChI=1S/C19H21ClFN3O2/c1-2-4-17(18(25)23-16-6-3-5-14(20)11-16)24-19(26)22-12-13-7-9-15(21)10-8-13/h3,5-11,17H,2,4,12H2,1H3,(H,23,25)(H2,22,24,26)/t17-/m1/s1. The lowest BCUT2D eigenvalue weighted by Crippen LogP contribution is -2.47. The number of nitrogens with one attached hydrogen (secondary N) is 3. The highest BCUT2D eigenvalue weighted by Crippen LogP contribution is 2.15. The van der Waals surface area contributed by atoms with Crippen molar-refractivity contribution in [1.29, 1.82) is 0 Å². The summed E-state index contributed by atoms with van der Waals surface area (Å²) in [5, 5.41) is 8.59. The zero-order chi connectivity index (χ0) is 18.9. The third kappa shape index (κ3) is 6.37. The first-order chi connectivity index (χ1) is 12.5. The van der Waals surface area contributed by atoms with Crippen molar-refractivity contribution in [3.05, 3.63) is 64.9 Å². The molecule has 2 aromatic carbocycles. The minimum Gasteiger partial charge on any atom is -0.334 e. The van der Waals surface area contributed by atoms with Crippen LogP contribution in [0.4, 0.5) is 14.9 Å². The summed E-state index contributed by atoms with van der Waals surface area (Å²) in [6.07, 6.45) is 1.22. The summed E-state index contributed by atoms with van der Waals surface area (Å²) >= 11 is 5.91. The smallest absolute Gasteiger partial charge is 0.315 e. The highest BCUT2D eigenvalue weighted by molar-refractivity contribution is 6.30. The van der Waals surface area contributed by atoms with Gasteiger partial charge in [-0.2, -0.15) is 0 Å². The van der Waals surface area contributed by atoms with Gasteiger partial charge in [0.05, 0.1) is 0 Å². The van der Waals surface area contributed by atoms with Crippen molar-refractivity contribution < 1.29 is 14.0 Å². The molecule has 2 aromatic rings. The summed E-state index contributed by atoms with van der Waals surface area (Å²) in [6, 6.07) is 11.5. The van der Waals surface area contributed by atoms with Gasteiger partial charge in [-0.15, -0.1) is 0 Å². The van der Waals surface area contributed by atoms with Crippen LogP contribution in [0.5, 0.6) is 0 Å². The summed E-state index contributed by atoms with van der Waals surface area (Å²) in [6.45, 7) is 2.17. The molecule has 1 atom stereocenters. The van der Waals surface area contributed by atoms with E-state index < -0.39 is 12.1 Å². The topological polar surface area (TPSA) is 70.2 Å². The van der Waals surface area contributed by atoms with Gasteiger partial charge in [0, 0.05) is 17.3 Å². The van der Waals surface area contributed by atoms with Gasteiger partial charge in [0.15, 0.2) is 0 Å². The van der Waals surface area contributed by atoms with Crippen LogP contribution in [0.2, 0.25) is 5.02 Å². The van der Waals surface area contributed by atoms with Crippen LogP contribution in [0, 0.1) is 5.82 Å². The summed E-state index contributed by atoms with van der Waals surface area (Å²) in [7, 11) is 0. The summed E-state index contributed by atoms with van der Waals surface area (Å²) in [5.74, 6) is -0.648. The Labute approximate surface area is 156 Å². The average Bonchev–Trinajstić information content (AvgIpc) is 2.61. The number of hydrogen-bond donors (Lipinski definition) is 3. The lowest BCUT2D eigenvalue weighted by Gasteiger charge is -2.18. The van der Waals surface area contributed by atoms with E-state index in [2.05, 4.69) is 16.0 Å². The zero-order valence-electron chi connectivity index (χ0n) is 14.4. The normalized spacial score (nSPS) is 11.5. The summed E-state index contributed by atoms with van der Waals surface area (Å²) in [5.41, 5.74) is 1.33. The molecule has 0 aliphatic heterocycles. The minimum atomic E-state index is -0.674. The first-order valence-corrected chi connectivity index (χ1v) is 8.71. The average molecular weight is 378 g/mol. The quantitative estimate of drug-likeness (QED) is 0.680. The fraction of sp³-hybridized carbons (Fsp3) is 0.263. The van der Waals surface area contributed by atoms with Gasteiger partial charge < -0.3 is 16.0 Å². The monoisotopic (exact) mass is 377 g/mol. The van der Waals surface area contributed by atoms with E-state index in [0.29, 0.717) is 17.1 Å². The Bertz CT molecular complexity index is 753. The van der Waals surface area contributed by atoms with Crippen molar-refractivity contribution in [1.82, 2.24) is 10.6 Å². The van der Waals surface area contributed by atoms with Crippen molar-refractivity contribution >= 4 is 29.2 Å². The van der Waals surface area contributed by atoms with Crippen LogP contribution in [-0.4, -0.2) is 18.0 Å². The maximum atomic E-state index is 12.9. The fourth-order valence-electron chi connectivity index (χ4n) is 2.35. The molecule has 0 bridgehead atoms. The number of rotatable bonds is 7. The second-order valence-electron chi connectivity index (χ2n) is 5.79. The molecule has 0 heterocycles. The van der Waals surface area contributed by atoms with Crippen molar-refractivity contribution in [2.75, 3.05) is 5.32 Å². The molecule has 138 valence electrons. The molecule has 5 nitrogen and oxygen atoms in total. The van der Waals surface area contributed by atoms with Crippen LogP contribution in [0.15, 0.2) is 48.5 Å². The highest BCUT2D eigenvalue weighted by Gasteiger charge is 2.20. The van der Waals surface area contributed by atoms with E-state index in [-0.39, 0.29) is 18.3 Å². The molecule has 0 saturated carbocycles. The van der Waals surface area contributed by atoms with Gasteiger partial charge in [0.2, 0.25) is 5.91 Å². The fourth-order valence-corrected chi connectivity index (χ4v) is 2.54. The lowest BCUT2D eigenvalue weighted by atomic mass is 10.1. The van der Waals surface area contributed by atoms with E-state index in [0.717, 1.165) is 12.0 Å². The Balaban J connectivity index is 1.90. The van der Waals surface area contributed by atoms with E-state index >= 15 is 0 Å². The number of carbonyl (C=O) groups is 2. The van der Waals surface area contributed by atoms with Crippen LogP contribution in [0.25, 0.3) is 0 Å². The number of benzene rings is 2. The third-order valence-electron chi connectivity index (χ3n) is 3.66. The molecule has 2 rings (SSSR count). The van der Waals surface area contributed by atoms with Gasteiger partial charge in [0.1, 0.15) is 11.9 Å². The third-order valence-corrected chi connectivity index (χ3v) is 3.89. The Morgan fingerprint density at radius 3 is 2.54 bits per heavy atom. The Morgan fingerprint density at radius 1 is 1.15 bits per heavy atom. The van der Waals surface area contributed by atoms with Crippen LogP contribution in [-0.2, 0) is 11.3 Å². The van der Waals surface area contributed by atoms with Crippen molar-refractivity contribution in [2.24, 2.45) is 0 Å². The first kappa shape index (κ1) is 19.7. The molecule has 0 aliphatic carbocycles. The molecule has 3 amide bonds. The van der Waals surface area contributed by atoms with Crippen LogP contribution in [0.3, 0.4) is 0 Å². The molecule has 3 N–H and O–H groups in total. The molecule has 0 fully saturated rings. The number of amides is 3. The first-order valence-electron chi connectivity index (χ1n) is 8.33. The molecule has 0 radical (unpaired) electrons. The van der Waals surface area contributed by atoms with Crippen molar-refractivity contribution in [2.45, 2.75) is 32.4 Å². The number of carbonyl (C=O) groups excluding carboxylic acids is 2. The van der Waals surface area contributed by atoms with Gasteiger partial charge in [-0.3, -0.25) is 4.79 Å². The van der Waals surface area contributed by atoms with Gasteiger partial charge >= 0.3 is 6.03 Å². The van der Waals surface area contributed by atoms with Crippen LogP contribution in [0.1, 0.15) is 25.3 Å². The molecule has 0 aliphatic rings. The number of urea groups is 1. The molecule has 0 spiro atoms. The van der Waals surface area contributed by atoms with E-state index in [4.69, 9.17) is 11.6 Å². The molecule has 0 unspecified atom stereocenters. The Kier molecular flexibility index (Phi) is 7.41. The molecular weight excluding hydrogens is 357 g/mol. The Hall–Kier alpha value is -2.60. The van der Waals surface area contributed by atoms with E-state index in [9.17, 15) is 14.0 Å². The van der Waals surface area contributed by atoms with Gasteiger partial charge in [-0.05, 0) is 42.3 Å². The zero-order valence-corrected chi connectivity index (χ0v) is 15.1. The largest absolute Gasteiger partial charge is 0.334 e. The molecular formula is C19H21ClFN3O2. The van der Waals surface area contributed by atoms with E-state index in [1.54, 1.807) is 36.4 Å². The molecule has 0 aromatic heterocycles. The molecule has 26 heavy (non-hydrogen) atoms. The predicted molar refractivity (Wildman–Crippen MR) is 101 cm³/mol. The molecule has 7 heteroatoms. The minimum absolute atomic E-state index is 0.237. The number of hydrogen-bond acceptors (Lipinski definition) is 2. The maximum absolute atomic E-state index is 12.9. The second-order valence-corrected chi connectivity index (χ2v) is 6.23. The maximum Gasteiger partial charge on any atom is 0.315 e. The highest BCUT2D eigenvalue weighted by atomic mass is 35.5. The van der Waals surface area contributed by atoms with Gasteiger partial charge in [0.25, 0.3) is 0 Å². The SMILES string of the molecule is CCC[C@@H](NC(=O)NCc1ccc(F)cc1)C(=O)Nc1cccc(Cl)c1. The van der Waals surface area contributed by atoms with E-state index in [1.165, 1.54) is 12.1 Å². The summed E-state index contributed by atoms with van der Waals surface area (Å²) in [4.78, 5) is 24.5. The van der Waals surface area contributed by atoms with Gasteiger partial charge in [-0.25, -0.2) is 9.18 Å². The molecule has 0 saturated heterocycles.